The maximum absolute atomic E-state index is 12.2. The largest absolute Gasteiger partial charge is 0.469 e. The highest BCUT2D eigenvalue weighted by Gasteiger charge is 2.18. The second-order valence-electron chi connectivity index (χ2n) is 5.83. The van der Waals surface area contributed by atoms with Gasteiger partial charge in [-0.1, -0.05) is 25.1 Å². The highest BCUT2D eigenvalue weighted by atomic mass is 32.2. The van der Waals surface area contributed by atoms with Crippen molar-refractivity contribution in [2.75, 3.05) is 11.1 Å². The van der Waals surface area contributed by atoms with E-state index in [4.69, 9.17) is 4.42 Å². The normalized spacial score (nSPS) is 11.0. The van der Waals surface area contributed by atoms with E-state index >= 15 is 0 Å². The fourth-order valence-electron chi connectivity index (χ4n) is 2.43. The number of aromatic nitrogens is 4. The minimum absolute atomic E-state index is 0.101. The van der Waals surface area contributed by atoms with Gasteiger partial charge < -0.3 is 14.3 Å². The molecule has 3 heterocycles. The number of rotatable bonds is 8. The molecule has 1 N–H and O–H groups in total. The number of amides is 1. The van der Waals surface area contributed by atoms with Crippen LogP contribution in [0, 0.1) is 13.8 Å². The van der Waals surface area contributed by atoms with Gasteiger partial charge in [0, 0.05) is 11.9 Å². The van der Waals surface area contributed by atoms with Gasteiger partial charge >= 0.3 is 0 Å². The van der Waals surface area contributed by atoms with Gasteiger partial charge in [0.15, 0.2) is 16.1 Å². The molecule has 7 nitrogen and oxygen atoms in total. The molecule has 0 atom stereocenters. The van der Waals surface area contributed by atoms with Crippen LogP contribution in [0.4, 0.5) is 5.13 Å². The Morgan fingerprint density at radius 2 is 2.23 bits per heavy atom. The maximum Gasteiger partial charge on any atom is 0.236 e. The molecule has 0 bridgehead atoms. The van der Waals surface area contributed by atoms with Crippen LogP contribution in [0.25, 0.3) is 11.4 Å². The van der Waals surface area contributed by atoms with Gasteiger partial charge in [-0.05, 0) is 26.3 Å². The molecule has 3 aromatic heterocycles. The monoisotopic (exact) mass is 391 g/mol. The Labute approximate surface area is 160 Å². The van der Waals surface area contributed by atoms with Crippen LogP contribution < -0.4 is 5.32 Å². The Morgan fingerprint density at radius 1 is 1.38 bits per heavy atom. The van der Waals surface area contributed by atoms with E-state index in [1.165, 1.54) is 23.1 Å². The third kappa shape index (κ3) is 4.34. The van der Waals surface area contributed by atoms with Crippen LogP contribution in [0.2, 0.25) is 0 Å². The Balaban J connectivity index is 1.71. The van der Waals surface area contributed by atoms with Crippen LogP contribution in [0.3, 0.4) is 0 Å². The first kappa shape index (κ1) is 18.7. The summed E-state index contributed by atoms with van der Waals surface area (Å²) in [5, 5.41) is 14.7. The Bertz CT molecular complexity index is 883. The predicted octanol–water partition coefficient (Wildman–Crippen LogP) is 4.14. The van der Waals surface area contributed by atoms with Crippen molar-refractivity contribution >= 4 is 34.1 Å². The van der Waals surface area contributed by atoms with Crippen LogP contribution >= 0.6 is 23.1 Å². The Morgan fingerprint density at radius 3 is 2.88 bits per heavy atom. The van der Waals surface area contributed by atoms with E-state index < -0.39 is 0 Å². The summed E-state index contributed by atoms with van der Waals surface area (Å²) in [6.45, 7) is 6.75. The molecular formula is C17H21N5O2S2. The molecule has 0 saturated carbocycles. The number of anilines is 1. The molecule has 3 rings (SSSR count). The van der Waals surface area contributed by atoms with Crippen molar-refractivity contribution in [3.05, 3.63) is 29.2 Å². The predicted molar refractivity (Wildman–Crippen MR) is 104 cm³/mol. The molecule has 0 aliphatic heterocycles. The number of unbranched alkanes of at least 4 members (excludes halogenated alkanes) is 1. The van der Waals surface area contributed by atoms with Gasteiger partial charge in [0.1, 0.15) is 5.76 Å². The third-order valence-corrected chi connectivity index (χ3v) is 5.59. The number of nitrogens with zero attached hydrogens (tertiary/aromatic N) is 4. The molecule has 0 aromatic carbocycles. The molecule has 0 fully saturated rings. The maximum atomic E-state index is 12.2. The minimum Gasteiger partial charge on any atom is -0.469 e. The molecule has 9 heteroatoms. The lowest BCUT2D eigenvalue weighted by Gasteiger charge is -2.09. The van der Waals surface area contributed by atoms with Gasteiger partial charge in [-0.15, -0.1) is 21.5 Å². The van der Waals surface area contributed by atoms with Crippen molar-refractivity contribution < 1.29 is 9.21 Å². The molecule has 0 radical (unpaired) electrons. The van der Waals surface area contributed by atoms with Gasteiger partial charge in [0.05, 0.1) is 23.3 Å². The number of hydrogen-bond acceptors (Lipinski definition) is 7. The number of thiazole rings is 1. The van der Waals surface area contributed by atoms with E-state index in [2.05, 4.69) is 32.0 Å². The van der Waals surface area contributed by atoms with E-state index in [0.717, 1.165) is 47.4 Å². The Hall–Kier alpha value is -2.13. The average Bonchev–Trinajstić information content (AvgIpc) is 3.31. The lowest BCUT2D eigenvalue weighted by Crippen LogP contribution is -2.14. The second kappa shape index (κ2) is 8.50. The van der Waals surface area contributed by atoms with Crippen molar-refractivity contribution in [2.24, 2.45) is 0 Å². The minimum atomic E-state index is -0.101. The highest BCUT2D eigenvalue weighted by Crippen LogP contribution is 2.27. The molecule has 1 amide bonds. The van der Waals surface area contributed by atoms with E-state index in [0.29, 0.717) is 5.13 Å². The number of aryl methyl sites for hydroxylation is 2. The summed E-state index contributed by atoms with van der Waals surface area (Å²) >= 11 is 2.80. The van der Waals surface area contributed by atoms with Crippen molar-refractivity contribution in [3.8, 4) is 11.4 Å². The smallest absolute Gasteiger partial charge is 0.236 e. The topological polar surface area (TPSA) is 85.8 Å². The zero-order valence-corrected chi connectivity index (χ0v) is 16.6. The van der Waals surface area contributed by atoms with Gasteiger partial charge in [-0.25, -0.2) is 4.98 Å². The SMILES string of the molecule is CCCCn1c(SCC(=O)Nc2nc(C)cs2)nnc1-c1ccoc1C. The number of carbonyl (C=O) groups is 1. The molecular weight excluding hydrogens is 370 g/mol. The van der Waals surface area contributed by atoms with Crippen LogP contribution in [-0.2, 0) is 11.3 Å². The lowest BCUT2D eigenvalue weighted by molar-refractivity contribution is -0.113. The summed E-state index contributed by atoms with van der Waals surface area (Å²) in [5.74, 6) is 1.75. The first-order valence-electron chi connectivity index (χ1n) is 8.41. The van der Waals surface area contributed by atoms with Gasteiger partial charge in [0.2, 0.25) is 5.91 Å². The van der Waals surface area contributed by atoms with Crippen LogP contribution in [0.15, 0.2) is 27.3 Å². The standard InChI is InChI=1S/C17H21N5O2S2/c1-4-5-7-22-15(13-6-8-24-12(13)3)20-21-17(22)26-10-14(23)19-16-18-11(2)9-25-16/h6,8-9H,4-5,7,10H2,1-3H3,(H,18,19,23). The first-order chi connectivity index (χ1) is 12.6. The fourth-order valence-corrected chi connectivity index (χ4v) is 3.90. The van der Waals surface area contributed by atoms with Crippen molar-refractivity contribution in [3.63, 3.8) is 0 Å². The summed E-state index contributed by atoms with van der Waals surface area (Å²) in [4.78, 5) is 16.4. The molecule has 0 aliphatic rings. The van der Waals surface area contributed by atoms with E-state index in [1.807, 2.05) is 25.3 Å². The molecule has 3 aromatic rings. The second-order valence-corrected chi connectivity index (χ2v) is 7.63. The number of thioether (sulfide) groups is 1. The third-order valence-electron chi connectivity index (χ3n) is 3.75. The van der Waals surface area contributed by atoms with E-state index in [-0.39, 0.29) is 11.7 Å². The van der Waals surface area contributed by atoms with Crippen molar-refractivity contribution in [2.45, 2.75) is 45.3 Å². The number of furan rings is 1. The van der Waals surface area contributed by atoms with Gasteiger partial charge in [-0.3, -0.25) is 4.79 Å². The van der Waals surface area contributed by atoms with Gasteiger partial charge in [0.25, 0.3) is 0 Å². The van der Waals surface area contributed by atoms with Crippen molar-refractivity contribution in [1.29, 1.82) is 0 Å². The molecule has 0 spiro atoms. The number of hydrogen-bond donors (Lipinski definition) is 1. The number of carbonyl (C=O) groups excluding carboxylic acids is 1. The molecule has 26 heavy (non-hydrogen) atoms. The van der Waals surface area contributed by atoms with E-state index in [9.17, 15) is 4.79 Å². The summed E-state index contributed by atoms with van der Waals surface area (Å²) in [5.41, 5.74) is 1.83. The highest BCUT2D eigenvalue weighted by molar-refractivity contribution is 7.99. The van der Waals surface area contributed by atoms with Gasteiger partial charge in [-0.2, -0.15) is 0 Å². The zero-order valence-electron chi connectivity index (χ0n) is 15.0. The molecule has 0 saturated heterocycles. The number of nitrogens with one attached hydrogen (secondary N) is 1. The first-order valence-corrected chi connectivity index (χ1v) is 10.3. The molecule has 0 unspecified atom stereocenters. The van der Waals surface area contributed by atoms with Crippen LogP contribution in [0.1, 0.15) is 31.2 Å². The van der Waals surface area contributed by atoms with Crippen molar-refractivity contribution in [1.82, 2.24) is 19.7 Å². The zero-order chi connectivity index (χ0) is 18.5. The lowest BCUT2D eigenvalue weighted by atomic mass is 10.2. The quantitative estimate of drug-likeness (QED) is 0.581. The van der Waals surface area contributed by atoms with Crippen LogP contribution in [-0.4, -0.2) is 31.4 Å². The molecule has 138 valence electrons. The summed E-state index contributed by atoms with van der Waals surface area (Å²) in [7, 11) is 0. The summed E-state index contributed by atoms with van der Waals surface area (Å²) < 4.78 is 7.46. The summed E-state index contributed by atoms with van der Waals surface area (Å²) in [6.07, 6.45) is 3.73. The average molecular weight is 392 g/mol. The molecule has 0 aliphatic carbocycles. The Kier molecular flexibility index (Phi) is 6.10. The van der Waals surface area contributed by atoms with Crippen LogP contribution in [0.5, 0.6) is 0 Å². The summed E-state index contributed by atoms with van der Waals surface area (Å²) in [6, 6.07) is 1.90. The fraction of sp³-hybridized carbons (Fsp3) is 0.412. The van der Waals surface area contributed by atoms with E-state index in [1.54, 1.807) is 6.26 Å².